The lowest BCUT2D eigenvalue weighted by molar-refractivity contribution is -0.124. The second-order valence-corrected chi connectivity index (χ2v) is 6.19. The number of carbonyl (C=O) groups is 1. The van der Waals surface area contributed by atoms with Gasteiger partial charge in [0, 0.05) is 12.5 Å². The Bertz CT molecular complexity index is 501. The van der Waals surface area contributed by atoms with Gasteiger partial charge in [0.15, 0.2) is 0 Å². The molecule has 0 aliphatic heterocycles. The van der Waals surface area contributed by atoms with Gasteiger partial charge in [-0.15, -0.1) is 0 Å². The zero-order valence-electron chi connectivity index (χ0n) is 13.2. The predicted octanol–water partition coefficient (Wildman–Crippen LogP) is 2.40. The van der Waals surface area contributed by atoms with Crippen LogP contribution in [0.5, 0.6) is 5.75 Å². The summed E-state index contributed by atoms with van der Waals surface area (Å²) in [6.45, 7) is 6.18. The first kappa shape index (κ1) is 15.8. The number of aryl methyl sites for hydroxylation is 1. The zero-order valence-corrected chi connectivity index (χ0v) is 13.2. The highest BCUT2D eigenvalue weighted by Gasteiger charge is 2.45. The van der Waals surface area contributed by atoms with Gasteiger partial charge < -0.3 is 15.8 Å². The first-order valence-corrected chi connectivity index (χ1v) is 7.79. The van der Waals surface area contributed by atoms with Gasteiger partial charge in [0.1, 0.15) is 17.4 Å². The maximum Gasteiger partial charge on any atom is 0.237 e. The monoisotopic (exact) mass is 290 g/mol. The number of benzene rings is 1. The third-order valence-electron chi connectivity index (χ3n) is 4.15. The molecule has 1 fully saturated rings. The number of hydrogen-bond acceptors (Lipinski definition) is 3. The van der Waals surface area contributed by atoms with Crippen LogP contribution in [0, 0.1) is 0 Å². The van der Waals surface area contributed by atoms with E-state index in [2.05, 4.69) is 18.3 Å². The van der Waals surface area contributed by atoms with Gasteiger partial charge in [-0.25, -0.2) is 0 Å². The number of hydrogen-bond donors (Lipinski definition) is 2. The van der Waals surface area contributed by atoms with Gasteiger partial charge >= 0.3 is 0 Å². The van der Waals surface area contributed by atoms with Crippen LogP contribution in [-0.4, -0.2) is 23.6 Å². The third-order valence-corrected chi connectivity index (χ3v) is 4.15. The first-order valence-electron chi connectivity index (χ1n) is 7.79. The minimum Gasteiger partial charge on any atom is -0.490 e. The minimum atomic E-state index is -0.625. The van der Waals surface area contributed by atoms with Gasteiger partial charge in [-0.3, -0.25) is 4.79 Å². The van der Waals surface area contributed by atoms with E-state index in [4.69, 9.17) is 10.5 Å². The highest BCUT2D eigenvalue weighted by molar-refractivity contribution is 5.85. The van der Waals surface area contributed by atoms with E-state index in [0.717, 1.165) is 25.0 Å². The number of primary amides is 1. The molecule has 116 valence electrons. The van der Waals surface area contributed by atoms with Crippen LogP contribution in [0.15, 0.2) is 24.3 Å². The molecular weight excluding hydrogens is 264 g/mol. The molecule has 0 saturated heterocycles. The SMILES string of the molecule is CCc1ccccc1OC1CCC(NC(C)C)(C(N)=O)C1. The van der Waals surface area contributed by atoms with Crippen molar-refractivity contribution in [1.29, 1.82) is 0 Å². The van der Waals surface area contributed by atoms with Crippen LogP contribution in [0.25, 0.3) is 0 Å². The van der Waals surface area contributed by atoms with Gasteiger partial charge in [-0.1, -0.05) is 25.1 Å². The summed E-state index contributed by atoms with van der Waals surface area (Å²) >= 11 is 0. The molecule has 4 nitrogen and oxygen atoms in total. The molecule has 0 spiro atoms. The van der Waals surface area contributed by atoms with Gasteiger partial charge in [-0.05, 0) is 44.7 Å². The molecule has 1 saturated carbocycles. The Labute approximate surface area is 127 Å². The van der Waals surface area contributed by atoms with Crippen molar-refractivity contribution in [3.63, 3.8) is 0 Å². The van der Waals surface area contributed by atoms with Crippen LogP contribution >= 0.6 is 0 Å². The summed E-state index contributed by atoms with van der Waals surface area (Å²) in [6.07, 6.45) is 3.20. The average Bonchev–Trinajstić information content (AvgIpc) is 2.83. The molecule has 0 radical (unpaired) electrons. The van der Waals surface area contributed by atoms with Crippen LogP contribution in [0.3, 0.4) is 0 Å². The molecule has 1 aromatic carbocycles. The normalized spacial score (nSPS) is 25.2. The molecule has 0 aromatic heterocycles. The smallest absolute Gasteiger partial charge is 0.237 e. The fourth-order valence-corrected chi connectivity index (χ4v) is 3.17. The Morgan fingerprint density at radius 2 is 2.19 bits per heavy atom. The molecule has 1 aliphatic rings. The summed E-state index contributed by atoms with van der Waals surface area (Å²) in [7, 11) is 0. The van der Waals surface area contributed by atoms with E-state index < -0.39 is 5.54 Å². The molecule has 2 atom stereocenters. The minimum absolute atomic E-state index is 0.0384. The maximum atomic E-state index is 11.9. The molecule has 1 amide bonds. The second kappa shape index (κ2) is 6.48. The Hall–Kier alpha value is -1.55. The van der Waals surface area contributed by atoms with Crippen LogP contribution in [0.4, 0.5) is 0 Å². The van der Waals surface area contributed by atoms with Gasteiger partial charge in [0.25, 0.3) is 0 Å². The van der Waals surface area contributed by atoms with Crippen LogP contribution in [0.1, 0.15) is 45.6 Å². The van der Waals surface area contributed by atoms with Crippen LogP contribution in [-0.2, 0) is 11.2 Å². The standard InChI is InChI=1S/C17H26N2O2/c1-4-13-7-5-6-8-15(13)21-14-9-10-17(11-14,16(18)20)19-12(2)3/h5-8,12,14,19H,4,9-11H2,1-3H3,(H2,18,20). The number of nitrogens with two attached hydrogens (primary N) is 1. The Morgan fingerprint density at radius 3 is 2.81 bits per heavy atom. The van der Waals surface area contributed by atoms with E-state index in [0.29, 0.717) is 6.42 Å². The zero-order chi connectivity index (χ0) is 15.5. The highest BCUT2D eigenvalue weighted by Crippen LogP contribution is 2.34. The number of amides is 1. The molecule has 0 bridgehead atoms. The van der Waals surface area contributed by atoms with Crippen molar-refractivity contribution < 1.29 is 9.53 Å². The number of ether oxygens (including phenoxy) is 1. The summed E-state index contributed by atoms with van der Waals surface area (Å²) in [5.74, 6) is 0.654. The Kier molecular flexibility index (Phi) is 4.88. The molecule has 2 unspecified atom stereocenters. The van der Waals surface area contributed by atoms with E-state index in [1.807, 2.05) is 32.0 Å². The molecule has 1 aliphatic carbocycles. The summed E-state index contributed by atoms with van der Waals surface area (Å²) in [5.41, 5.74) is 6.21. The number of para-hydroxylation sites is 1. The summed E-state index contributed by atoms with van der Waals surface area (Å²) in [6, 6.07) is 8.31. The second-order valence-electron chi connectivity index (χ2n) is 6.19. The van der Waals surface area contributed by atoms with Crippen molar-refractivity contribution in [2.75, 3.05) is 0 Å². The third kappa shape index (κ3) is 3.56. The van der Waals surface area contributed by atoms with Gasteiger partial charge in [0.2, 0.25) is 5.91 Å². The molecule has 21 heavy (non-hydrogen) atoms. The fourth-order valence-electron chi connectivity index (χ4n) is 3.17. The van der Waals surface area contributed by atoms with Crippen molar-refractivity contribution >= 4 is 5.91 Å². The van der Waals surface area contributed by atoms with Crippen LogP contribution in [0.2, 0.25) is 0 Å². The molecular formula is C17H26N2O2. The Balaban J connectivity index is 2.09. The Morgan fingerprint density at radius 1 is 1.48 bits per heavy atom. The number of rotatable bonds is 6. The molecule has 2 rings (SSSR count). The van der Waals surface area contributed by atoms with Crippen LogP contribution < -0.4 is 15.8 Å². The van der Waals surface area contributed by atoms with Gasteiger partial charge in [0.05, 0.1) is 0 Å². The molecule has 0 heterocycles. The van der Waals surface area contributed by atoms with Crippen molar-refractivity contribution in [1.82, 2.24) is 5.32 Å². The lowest BCUT2D eigenvalue weighted by Crippen LogP contribution is -2.56. The van der Waals surface area contributed by atoms with Crippen molar-refractivity contribution in [2.24, 2.45) is 5.73 Å². The summed E-state index contributed by atoms with van der Waals surface area (Å²) in [5, 5.41) is 3.34. The largest absolute Gasteiger partial charge is 0.490 e. The van der Waals surface area contributed by atoms with E-state index in [1.165, 1.54) is 5.56 Å². The van der Waals surface area contributed by atoms with Crippen molar-refractivity contribution in [3.8, 4) is 5.75 Å². The number of nitrogens with one attached hydrogen (secondary N) is 1. The molecule has 3 N–H and O–H groups in total. The topological polar surface area (TPSA) is 64.3 Å². The fraction of sp³-hybridized carbons (Fsp3) is 0.588. The quantitative estimate of drug-likeness (QED) is 0.845. The lowest BCUT2D eigenvalue weighted by Gasteiger charge is -2.29. The van der Waals surface area contributed by atoms with Crippen molar-refractivity contribution in [2.45, 2.75) is 64.1 Å². The lowest BCUT2D eigenvalue weighted by atomic mass is 9.95. The van der Waals surface area contributed by atoms with E-state index >= 15 is 0 Å². The summed E-state index contributed by atoms with van der Waals surface area (Å²) in [4.78, 5) is 11.9. The highest BCUT2D eigenvalue weighted by atomic mass is 16.5. The summed E-state index contributed by atoms with van der Waals surface area (Å²) < 4.78 is 6.14. The van der Waals surface area contributed by atoms with E-state index in [9.17, 15) is 4.79 Å². The number of carbonyl (C=O) groups excluding carboxylic acids is 1. The molecule has 1 aromatic rings. The van der Waals surface area contributed by atoms with E-state index in [1.54, 1.807) is 0 Å². The van der Waals surface area contributed by atoms with Gasteiger partial charge in [-0.2, -0.15) is 0 Å². The van der Waals surface area contributed by atoms with Crippen molar-refractivity contribution in [3.05, 3.63) is 29.8 Å². The molecule has 4 heteroatoms. The maximum absolute atomic E-state index is 11.9. The first-order chi connectivity index (χ1) is 9.97. The van der Waals surface area contributed by atoms with E-state index in [-0.39, 0.29) is 18.1 Å². The predicted molar refractivity (Wildman–Crippen MR) is 84.3 cm³/mol. The average molecular weight is 290 g/mol.